The van der Waals surface area contributed by atoms with Gasteiger partial charge in [0.05, 0.1) is 6.61 Å². The molecule has 0 bridgehead atoms. The molecule has 1 aliphatic rings. The van der Waals surface area contributed by atoms with Gasteiger partial charge in [0.2, 0.25) is 0 Å². The molecular formula is C53H95O13P. The molecule has 13 nitrogen and oxygen atoms in total. The van der Waals surface area contributed by atoms with Crippen molar-refractivity contribution >= 4 is 19.8 Å². The van der Waals surface area contributed by atoms with Crippen LogP contribution in [-0.2, 0) is 32.7 Å². The number of hydrogen-bond acceptors (Lipinski definition) is 12. The van der Waals surface area contributed by atoms with Gasteiger partial charge in [-0.15, -0.1) is 0 Å². The molecule has 1 fully saturated rings. The molecule has 0 aromatic carbocycles. The van der Waals surface area contributed by atoms with E-state index in [0.29, 0.717) is 12.8 Å². The summed E-state index contributed by atoms with van der Waals surface area (Å²) in [6, 6.07) is 0. The van der Waals surface area contributed by atoms with Gasteiger partial charge in [0.25, 0.3) is 0 Å². The predicted octanol–water partition coefficient (Wildman–Crippen LogP) is 11.5. The number of ether oxygens (including phenoxy) is 2. The van der Waals surface area contributed by atoms with Gasteiger partial charge in [-0.25, -0.2) is 4.57 Å². The van der Waals surface area contributed by atoms with E-state index in [2.05, 4.69) is 62.5 Å². The zero-order valence-electron chi connectivity index (χ0n) is 41.7. The standard InChI is InChI=1S/C53H95O13P/c1-3-5-7-9-11-13-15-17-19-21-22-23-24-26-28-30-32-34-36-38-40-42-47(55)65-45(44-64-67(61,62)66-53-51(59)49(57)48(56)50(58)52(53)60)43-63-46(54)41-39-37-35-33-31-29-27-25-20-18-16-14-12-10-8-6-4-2/h12,14-15,17-18,20-22,45,48-53,56-60H,3-11,13,16,19,23-44H2,1-2H3,(H,61,62)/b14-12-,17-15-,20-18-,22-21-. The van der Waals surface area contributed by atoms with Crippen molar-refractivity contribution in [1.29, 1.82) is 0 Å². The highest BCUT2D eigenvalue weighted by molar-refractivity contribution is 7.47. The Balaban J connectivity index is 2.39. The Morgan fingerprint density at radius 2 is 0.806 bits per heavy atom. The van der Waals surface area contributed by atoms with Crippen LogP contribution in [0.2, 0.25) is 0 Å². The first kappa shape index (κ1) is 62.8. The first-order valence-electron chi connectivity index (χ1n) is 26.4. The Morgan fingerprint density at radius 3 is 1.24 bits per heavy atom. The van der Waals surface area contributed by atoms with Crippen molar-refractivity contribution in [3.8, 4) is 0 Å². The van der Waals surface area contributed by atoms with Crippen molar-refractivity contribution < 1.29 is 63.1 Å². The molecule has 0 aromatic heterocycles. The van der Waals surface area contributed by atoms with E-state index >= 15 is 0 Å². The number of aliphatic hydroxyl groups is 5. The summed E-state index contributed by atoms with van der Waals surface area (Å²) in [5, 5.41) is 50.3. The molecule has 390 valence electrons. The summed E-state index contributed by atoms with van der Waals surface area (Å²) in [4.78, 5) is 35.9. The lowest BCUT2D eigenvalue weighted by molar-refractivity contribution is -0.220. The van der Waals surface area contributed by atoms with E-state index in [0.717, 1.165) is 83.5 Å². The second kappa shape index (κ2) is 42.7. The van der Waals surface area contributed by atoms with Gasteiger partial charge >= 0.3 is 19.8 Å². The van der Waals surface area contributed by atoms with Crippen molar-refractivity contribution in [2.24, 2.45) is 0 Å². The van der Waals surface area contributed by atoms with Crippen LogP contribution in [0.5, 0.6) is 0 Å². The second-order valence-corrected chi connectivity index (χ2v) is 19.8. The molecule has 0 amide bonds. The lowest BCUT2D eigenvalue weighted by Crippen LogP contribution is -2.64. The summed E-state index contributed by atoms with van der Waals surface area (Å²) in [5.74, 6) is -1.11. The summed E-state index contributed by atoms with van der Waals surface area (Å²) in [5.41, 5.74) is 0. The molecule has 6 unspecified atom stereocenters. The Morgan fingerprint density at radius 1 is 0.463 bits per heavy atom. The van der Waals surface area contributed by atoms with Gasteiger partial charge in [-0.3, -0.25) is 18.6 Å². The van der Waals surface area contributed by atoms with E-state index in [1.165, 1.54) is 96.3 Å². The van der Waals surface area contributed by atoms with Crippen LogP contribution in [0, 0.1) is 0 Å². The van der Waals surface area contributed by atoms with E-state index in [4.69, 9.17) is 18.5 Å². The topological polar surface area (TPSA) is 210 Å². The van der Waals surface area contributed by atoms with E-state index in [-0.39, 0.29) is 12.8 Å². The highest BCUT2D eigenvalue weighted by atomic mass is 31.2. The van der Waals surface area contributed by atoms with Crippen LogP contribution in [-0.4, -0.2) is 98.3 Å². The maximum atomic E-state index is 12.9. The maximum Gasteiger partial charge on any atom is 0.472 e. The maximum absolute atomic E-state index is 12.9. The van der Waals surface area contributed by atoms with Crippen molar-refractivity contribution in [1.82, 2.24) is 0 Å². The molecular weight excluding hydrogens is 876 g/mol. The van der Waals surface area contributed by atoms with Crippen LogP contribution in [0.4, 0.5) is 0 Å². The average molecular weight is 971 g/mol. The zero-order chi connectivity index (χ0) is 49.2. The van der Waals surface area contributed by atoms with Crippen LogP contribution in [0.15, 0.2) is 48.6 Å². The van der Waals surface area contributed by atoms with Gasteiger partial charge in [0.1, 0.15) is 43.2 Å². The van der Waals surface area contributed by atoms with Crippen LogP contribution >= 0.6 is 7.82 Å². The number of allylic oxidation sites excluding steroid dienone is 8. The van der Waals surface area contributed by atoms with E-state index in [1.807, 2.05) is 0 Å². The summed E-state index contributed by atoms with van der Waals surface area (Å²) in [7, 11) is -5.13. The Bertz CT molecular complexity index is 1350. The lowest BCUT2D eigenvalue weighted by Gasteiger charge is -2.41. The summed E-state index contributed by atoms with van der Waals surface area (Å²) in [6.07, 6.45) is 38.6. The number of esters is 2. The summed E-state index contributed by atoms with van der Waals surface area (Å²) < 4.78 is 33.7. The minimum atomic E-state index is -5.13. The molecule has 0 aromatic rings. The van der Waals surface area contributed by atoms with Gasteiger partial charge < -0.3 is 39.9 Å². The van der Waals surface area contributed by atoms with Crippen molar-refractivity contribution in [2.75, 3.05) is 13.2 Å². The van der Waals surface area contributed by atoms with E-state index in [1.54, 1.807) is 0 Å². The molecule has 1 rings (SSSR count). The molecule has 0 spiro atoms. The summed E-state index contributed by atoms with van der Waals surface area (Å²) in [6.45, 7) is 3.28. The van der Waals surface area contributed by atoms with Crippen LogP contribution < -0.4 is 0 Å². The van der Waals surface area contributed by atoms with Gasteiger partial charge in [0.15, 0.2) is 6.10 Å². The van der Waals surface area contributed by atoms with Gasteiger partial charge in [-0.05, 0) is 77.0 Å². The van der Waals surface area contributed by atoms with Crippen LogP contribution in [0.3, 0.4) is 0 Å². The molecule has 0 saturated heterocycles. The third-order valence-corrected chi connectivity index (χ3v) is 13.1. The number of phosphoric acid groups is 1. The van der Waals surface area contributed by atoms with E-state index < -0.39 is 75.7 Å². The van der Waals surface area contributed by atoms with Crippen molar-refractivity contribution in [2.45, 2.75) is 262 Å². The minimum absolute atomic E-state index is 0.0895. The quantitative estimate of drug-likeness (QED) is 0.0145. The van der Waals surface area contributed by atoms with Crippen molar-refractivity contribution in [3.05, 3.63) is 48.6 Å². The molecule has 1 saturated carbocycles. The van der Waals surface area contributed by atoms with Gasteiger partial charge in [0, 0.05) is 12.8 Å². The van der Waals surface area contributed by atoms with Gasteiger partial charge in [-0.1, -0.05) is 178 Å². The number of carbonyl (C=O) groups excluding carboxylic acids is 2. The monoisotopic (exact) mass is 971 g/mol. The second-order valence-electron chi connectivity index (χ2n) is 18.4. The number of unbranched alkanes of at least 4 members (excludes halogenated alkanes) is 24. The smallest absolute Gasteiger partial charge is 0.462 e. The number of phosphoric ester groups is 1. The molecule has 6 atom stereocenters. The number of carbonyl (C=O) groups is 2. The normalized spacial score (nSPS) is 21.5. The molecule has 0 heterocycles. The number of hydrogen-bond donors (Lipinski definition) is 6. The van der Waals surface area contributed by atoms with Gasteiger partial charge in [-0.2, -0.15) is 0 Å². The molecule has 0 aliphatic heterocycles. The molecule has 0 radical (unpaired) electrons. The average Bonchev–Trinajstić information content (AvgIpc) is 3.31. The number of rotatable bonds is 44. The highest BCUT2D eigenvalue weighted by Gasteiger charge is 2.51. The molecule has 1 aliphatic carbocycles. The third-order valence-electron chi connectivity index (χ3n) is 12.1. The predicted molar refractivity (Wildman–Crippen MR) is 267 cm³/mol. The lowest BCUT2D eigenvalue weighted by atomic mass is 9.85. The van der Waals surface area contributed by atoms with Crippen molar-refractivity contribution in [3.63, 3.8) is 0 Å². The fourth-order valence-electron chi connectivity index (χ4n) is 7.88. The first-order valence-corrected chi connectivity index (χ1v) is 27.9. The van der Waals surface area contributed by atoms with Crippen LogP contribution in [0.25, 0.3) is 0 Å². The SMILES string of the molecule is CCCCC/C=C\C/C=C\CCCCCCCCCC(=O)OCC(COP(=O)(O)OC1C(O)C(O)C(O)C(O)C1O)OC(=O)CCCCCCCCCCC/C=C\C/C=C\CCCCCCC. The first-order chi connectivity index (χ1) is 32.4. The Kier molecular flexibility index (Phi) is 40.0. The third kappa shape index (κ3) is 34.7. The Hall–Kier alpha value is -2.19. The molecule has 6 N–H and O–H groups in total. The number of aliphatic hydroxyl groups excluding tert-OH is 5. The fraction of sp³-hybridized carbons (Fsp3) is 0.811. The van der Waals surface area contributed by atoms with Crippen LogP contribution in [0.1, 0.15) is 219 Å². The molecule has 14 heteroatoms. The largest absolute Gasteiger partial charge is 0.472 e. The highest BCUT2D eigenvalue weighted by Crippen LogP contribution is 2.47. The zero-order valence-corrected chi connectivity index (χ0v) is 42.6. The summed E-state index contributed by atoms with van der Waals surface area (Å²) >= 11 is 0. The molecule has 67 heavy (non-hydrogen) atoms. The Labute approximate surface area is 405 Å². The fourth-order valence-corrected chi connectivity index (χ4v) is 8.85. The minimum Gasteiger partial charge on any atom is -0.462 e. The van der Waals surface area contributed by atoms with E-state index in [9.17, 15) is 44.6 Å².